The van der Waals surface area contributed by atoms with Crippen molar-refractivity contribution in [3.8, 4) is 0 Å². The van der Waals surface area contributed by atoms with Crippen LogP contribution in [0.3, 0.4) is 0 Å². The molecule has 25 heavy (non-hydrogen) atoms. The number of esters is 1. The maximum Gasteiger partial charge on any atom is 0.328 e. The number of carbonyl (C=O) groups is 3. The Morgan fingerprint density at radius 1 is 1.28 bits per heavy atom. The first-order valence-electron chi connectivity index (χ1n) is 7.88. The summed E-state index contributed by atoms with van der Waals surface area (Å²) in [6.07, 6.45) is 2.56. The predicted molar refractivity (Wildman–Crippen MR) is 91.1 cm³/mol. The number of methoxy groups -OCH3 is 1. The molecule has 0 aliphatic rings. The van der Waals surface area contributed by atoms with E-state index in [1.165, 1.54) is 32.2 Å². The zero-order valence-corrected chi connectivity index (χ0v) is 14.4. The van der Waals surface area contributed by atoms with Crippen LogP contribution in [-0.2, 0) is 25.5 Å². The molecule has 0 unspecified atom stereocenters. The fraction of sp³-hybridized carbons (Fsp3) is 0.389. The quantitative estimate of drug-likeness (QED) is 0.522. The highest BCUT2D eigenvalue weighted by Crippen LogP contribution is 2.08. The highest BCUT2D eigenvalue weighted by atomic mass is 19.1. The van der Waals surface area contributed by atoms with Crippen molar-refractivity contribution in [3.05, 3.63) is 48.3 Å². The van der Waals surface area contributed by atoms with E-state index in [-0.39, 0.29) is 6.42 Å². The van der Waals surface area contributed by atoms with Crippen molar-refractivity contribution in [2.75, 3.05) is 7.11 Å². The summed E-state index contributed by atoms with van der Waals surface area (Å²) in [7, 11) is 1.23. The molecule has 2 amide bonds. The van der Waals surface area contributed by atoms with Gasteiger partial charge in [0.2, 0.25) is 11.8 Å². The number of amides is 2. The second-order valence-electron chi connectivity index (χ2n) is 5.54. The fourth-order valence-electron chi connectivity index (χ4n) is 2.30. The minimum absolute atomic E-state index is 0.0958. The highest BCUT2D eigenvalue weighted by Gasteiger charge is 2.26. The number of nitrogens with one attached hydrogen (secondary N) is 2. The number of ether oxygens (including phenoxy) is 1. The van der Waals surface area contributed by atoms with Crippen LogP contribution in [-0.4, -0.2) is 37.0 Å². The van der Waals surface area contributed by atoms with Crippen molar-refractivity contribution >= 4 is 17.8 Å². The summed E-state index contributed by atoms with van der Waals surface area (Å²) in [6.45, 7) is 4.86. The lowest BCUT2D eigenvalue weighted by Crippen LogP contribution is -2.52. The number of benzene rings is 1. The normalized spacial score (nSPS) is 12.6. The zero-order valence-electron chi connectivity index (χ0n) is 14.4. The predicted octanol–water partition coefficient (Wildman–Crippen LogP) is 1.50. The molecule has 7 heteroatoms. The topological polar surface area (TPSA) is 84.5 Å². The molecule has 0 aliphatic carbocycles. The molecule has 2 N–H and O–H groups in total. The van der Waals surface area contributed by atoms with Crippen LogP contribution in [0.1, 0.15) is 25.3 Å². The molecule has 0 bridgehead atoms. The molecule has 0 spiro atoms. The van der Waals surface area contributed by atoms with Crippen molar-refractivity contribution in [1.82, 2.24) is 10.6 Å². The van der Waals surface area contributed by atoms with Crippen LogP contribution < -0.4 is 10.6 Å². The summed E-state index contributed by atoms with van der Waals surface area (Å²) in [4.78, 5) is 35.7. The molecule has 0 fully saturated rings. The SMILES string of the molecule is C=CCC[C@H](NC(=O)[C@H](Cc1cccc(F)c1)NC(C)=O)C(=O)OC. The van der Waals surface area contributed by atoms with Crippen LogP contribution in [0.5, 0.6) is 0 Å². The lowest BCUT2D eigenvalue weighted by Gasteiger charge is -2.21. The van der Waals surface area contributed by atoms with Crippen LogP contribution in [0.2, 0.25) is 0 Å². The molecule has 0 saturated carbocycles. The third kappa shape index (κ3) is 7.15. The highest BCUT2D eigenvalue weighted by molar-refractivity contribution is 5.90. The molecule has 2 atom stereocenters. The van der Waals surface area contributed by atoms with Gasteiger partial charge in [0.15, 0.2) is 0 Å². The Balaban J connectivity index is 2.88. The lowest BCUT2D eigenvalue weighted by molar-refractivity contribution is -0.145. The number of hydrogen-bond donors (Lipinski definition) is 2. The first-order chi connectivity index (χ1) is 11.9. The summed E-state index contributed by atoms with van der Waals surface area (Å²) in [6, 6.07) is 3.97. The van der Waals surface area contributed by atoms with Gasteiger partial charge < -0.3 is 15.4 Å². The van der Waals surface area contributed by atoms with Crippen molar-refractivity contribution in [1.29, 1.82) is 0 Å². The number of hydrogen-bond acceptors (Lipinski definition) is 4. The van der Waals surface area contributed by atoms with E-state index in [4.69, 9.17) is 0 Å². The maximum atomic E-state index is 13.3. The molecular formula is C18H23FN2O4. The van der Waals surface area contributed by atoms with Gasteiger partial charge in [-0.2, -0.15) is 0 Å². The molecule has 0 aliphatic heterocycles. The van der Waals surface area contributed by atoms with Crippen LogP contribution in [0, 0.1) is 5.82 Å². The van der Waals surface area contributed by atoms with Gasteiger partial charge in [-0.25, -0.2) is 9.18 Å². The Morgan fingerprint density at radius 3 is 2.56 bits per heavy atom. The monoisotopic (exact) mass is 350 g/mol. The lowest BCUT2D eigenvalue weighted by atomic mass is 10.0. The van der Waals surface area contributed by atoms with E-state index in [0.29, 0.717) is 18.4 Å². The Kier molecular flexibility index (Phi) is 8.32. The first kappa shape index (κ1) is 20.3. The van der Waals surface area contributed by atoms with Gasteiger partial charge in [0, 0.05) is 13.3 Å². The molecule has 136 valence electrons. The average molecular weight is 350 g/mol. The molecule has 0 aromatic heterocycles. The van der Waals surface area contributed by atoms with Crippen molar-refractivity contribution in [3.63, 3.8) is 0 Å². The standard InChI is InChI=1S/C18H23FN2O4/c1-4-5-9-15(18(24)25-3)21-17(23)16(20-12(2)22)11-13-7-6-8-14(19)10-13/h4,6-8,10,15-16H,1,5,9,11H2,2-3H3,(H,20,22)(H,21,23)/t15-,16-/m0/s1. The third-order valence-corrected chi connectivity index (χ3v) is 3.48. The second kappa shape index (κ2) is 10.2. The van der Waals surface area contributed by atoms with Gasteiger partial charge in [-0.1, -0.05) is 18.2 Å². The van der Waals surface area contributed by atoms with Gasteiger partial charge in [0.1, 0.15) is 17.9 Å². The van der Waals surface area contributed by atoms with E-state index >= 15 is 0 Å². The number of halogens is 1. The van der Waals surface area contributed by atoms with E-state index in [1.807, 2.05) is 0 Å². The van der Waals surface area contributed by atoms with Crippen LogP contribution >= 0.6 is 0 Å². The minimum Gasteiger partial charge on any atom is -0.467 e. The van der Waals surface area contributed by atoms with Crippen LogP contribution in [0.4, 0.5) is 4.39 Å². The van der Waals surface area contributed by atoms with E-state index in [9.17, 15) is 18.8 Å². The molecule has 0 radical (unpaired) electrons. The van der Waals surface area contributed by atoms with Crippen molar-refractivity contribution in [2.24, 2.45) is 0 Å². The van der Waals surface area contributed by atoms with Crippen LogP contribution in [0.25, 0.3) is 0 Å². The molecular weight excluding hydrogens is 327 g/mol. The molecule has 1 rings (SSSR count). The van der Waals surface area contributed by atoms with Gasteiger partial charge in [-0.3, -0.25) is 9.59 Å². The van der Waals surface area contributed by atoms with Gasteiger partial charge in [0.05, 0.1) is 7.11 Å². The molecule has 6 nitrogen and oxygen atoms in total. The van der Waals surface area contributed by atoms with Crippen molar-refractivity contribution in [2.45, 2.75) is 38.3 Å². The van der Waals surface area contributed by atoms with Crippen molar-refractivity contribution < 1.29 is 23.5 Å². The van der Waals surface area contributed by atoms with Crippen LogP contribution in [0.15, 0.2) is 36.9 Å². The Labute approximate surface area is 146 Å². The summed E-state index contributed by atoms with van der Waals surface area (Å²) < 4.78 is 18.0. The molecule has 1 aromatic rings. The Morgan fingerprint density at radius 2 is 2.00 bits per heavy atom. The zero-order chi connectivity index (χ0) is 18.8. The summed E-state index contributed by atoms with van der Waals surface area (Å²) in [5.41, 5.74) is 0.551. The van der Waals surface area contributed by atoms with Gasteiger partial charge >= 0.3 is 5.97 Å². The van der Waals surface area contributed by atoms with E-state index in [1.54, 1.807) is 12.1 Å². The fourth-order valence-corrected chi connectivity index (χ4v) is 2.30. The summed E-state index contributed by atoms with van der Waals surface area (Å²) in [5.74, 6) is -1.96. The van der Waals surface area contributed by atoms with Gasteiger partial charge in [-0.15, -0.1) is 6.58 Å². The van der Waals surface area contributed by atoms with Gasteiger partial charge in [-0.05, 0) is 30.5 Å². The Hall–Kier alpha value is -2.70. The molecule has 1 aromatic carbocycles. The maximum absolute atomic E-state index is 13.3. The smallest absolute Gasteiger partial charge is 0.328 e. The van der Waals surface area contributed by atoms with E-state index in [2.05, 4.69) is 21.9 Å². The van der Waals surface area contributed by atoms with Gasteiger partial charge in [0.25, 0.3) is 0 Å². The molecule has 0 saturated heterocycles. The Bertz CT molecular complexity index is 633. The third-order valence-electron chi connectivity index (χ3n) is 3.48. The summed E-state index contributed by atoms with van der Waals surface area (Å²) >= 11 is 0. The number of allylic oxidation sites excluding steroid dienone is 1. The minimum atomic E-state index is -0.935. The first-order valence-corrected chi connectivity index (χ1v) is 7.88. The molecule has 0 heterocycles. The average Bonchev–Trinajstić information content (AvgIpc) is 2.56. The number of carbonyl (C=O) groups excluding carboxylic acids is 3. The largest absolute Gasteiger partial charge is 0.467 e. The summed E-state index contributed by atoms with van der Waals surface area (Å²) in [5, 5.41) is 5.09. The van der Waals surface area contributed by atoms with E-state index in [0.717, 1.165) is 0 Å². The second-order valence-corrected chi connectivity index (χ2v) is 5.54. The van der Waals surface area contributed by atoms with E-state index < -0.39 is 35.7 Å². The number of rotatable bonds is 9.